The van der Waals surface area contributed by atoms with Crippen molar-refractivity contribution < 1.29 is 9.84 Å². The second-order valence-electron chi connectivity index (χ2n) is 5.33. The van der Waals surface area contributed by atoms with Crippen LogP contribution in [0.15, 0.2) is 64.5 Å². The molecule has 1 saturated heterocycles. The van der Waals surface area contributed by atoms with E-state index in [-0.39, 0.29) is 0 Å². The lowest BCUT2D eigenvalue weighted by molar-refractivity contribution is 0.00144. The molecule has 1 aliphatic rings. The van der Waals surface area contributed by atoms with Crippen molar-refractivity contribution in [1.29, 1.82) is 0 Å². The third-order valence-electron chi connectivity index (χ3n) is 3.75. The molecule has 3 N–H and O–H groups in total. The normalized spacial score (nSPS) is 23.7. The number of aliphatic hydroxyl groups is 1. The van der Waals surface area contributed by atoms with Gasteiger partial charge >= 0.3 is 5.69 Å². The fourth-order valence-corrected chi connectivity index (χ4v) is 2.56. The molecule has 0 amide bonds. The molecule has 0 unspecified atom stereocenters. The van der Waals surface area contributed by atoms with E-state index >= 15 is 0 Å². The summed E-state index contributed by atoms with van der Waals surface area (Å²) in [5.74, 6) is 0.344. The van der Waals surface area contributed by atoms with E-state index in [1.165, 1.54) is 12.3 Å². The highest BCUT2D eigenvalue weighted by molar-refractivity contribution is 5.16. The van der Waals surface area contributed by atoms with E-state index in [0.717, 1.165) is 10.1 Å². The van der Waals surface area contributed by atoms with Gasteiger partial charge in [0.25, 0.3) is 5.56 Å². The van der Waals surface area contributed by atoms with Gasteiger partial charge in [-0.05, 0) is 5.56 Å². The molecular formula is C16H17N3O4. The van der Waals surface area contributed by atoms with Crippen LogP contribution in [0.1, 0.15) is 11.8 Å². The summed E-state index contributed by atoms with van der Waals surface area (Å²) in [6, 6.07) is 10.4. The van der Waals surface area contributed by atoms with E-state index in [2.05, 4.69) is 16.9 Å². The molecular weight excluding hydrogens is 298 g/mol. The molecule has 2 aromatic rings. The van der Waals surface area contributed by atoms with Gasteiger partial charge in [-0.3, -0.25) is 14.3 Å². The number of nitrogens with one attached hydrogen (secondary N) is 2. The molecule has 2 heterocycles. The number of benzene rings is 1. The summed E-state index contributed by atoms with van der Waals surface area (Å²) in [7, 11) is 0. The summed E-state index contributed by atoms with van der Waals surface area (Å²) in [5.41, 5.74) is -0.0912. The Hall–Kier alpha value is -2.64. The van der Waals surface area contributed by atoms with Crippen LogP contribution >= 0.6 is 0 Å². The molecule has 1 aliphatic heterocycles. The topological polar surface area (TPSA) is 96.4 Å². The lowest BCUT2D eigenvalue weighted by Crippen LogP contribution is -2.41. The number of hydrogen-bond acceptors (Lipinski definition) is 5. The Morgan fingerprint density at radius 1 is 1.26 bits per heavy atom. The Bertz CT molecular complexity index is 812. The number of aromatic nitrogens is 2. The van der Waals surface area contributed by atoms with Gasteiger partial charge in [-0.2, -0.15) is 0 Å². The van der Waals surface area contributed by atoms with Gasteiger partial charge in [-0.25, -0.2) is 4.79 Å². The monoisotopic (exact) mass is 315 g/mol. The Kier molecular flexibility index (Phi) is 4.14. The number of ether oxygens (including phenoxy) is 1. The minimum Gasteiger partial charge on any atom is -0.470 e. The summed E-state index contributed by atoms with van der Waals surface area (Å²) in [6.07, 6.45) is -0.642. The zero-order chi connectivity index (χ0) is 16.4. The number of rotatable bonds is 4. The number of aliphatic hydroxyl groups excluding tert-OH is 1. The maximum Gasteiger partial charge on any atom is 0.331 e. The van der Waals surface area contributed by atoms with Gasteiger partial charge in [-0.15, -0.1) is 0 Å². The third-order valence-corrected chi connectivity index (χ3v) is 3.75. The molecule has 120 valence electrons. The quantitative estimate of drug-likeness (QED) is 0.743. The second-order valence-corrected chi connectivity index (χ2v) is 5.33. The molecule has 1 fully saturated rings. The fourth-order valence-electron chi connectivity index (χ4n) is 2.56. The standard InChI is InChI=1S/C16H17N3O4/c1-10-13(17-9-11-5-3-2-4-6-11)14(21)15(23-10)19-8-7-12(20)18-16(19)22/h2-8,13-15,17,21H,1,9H2,(H,18,20,22)/t13-,14-,15+/m0/s1. The number of aromatic amines is 1. The van der Waals surface area contributed by atoms with Crippen molar-refractivity contribution in [2.24, 2.45) is 0 Å². The summed E-state index contributed by atoms with van der Waals surface area (Å²) < 4.78 is 6.66. The van der Waals surface area contributed by atoms with Crippen LogP contribution in [0.4, 0.5) is 0 Å². The predicted octanol–water partition coefficient (Wildman–Crippen LogP) is 0.0984. The minimum absolute atomic E-state index is 0.344. The van der Waals surface area contributed by atoms with E-state index < -0.39 is 29.6 Å². The van der Waals surface area contributed by atoms with E-state index in [1.54, 1.807) is 0 Å². The highest BCUT2D eigenvalue weighted by Crippen LogP contribution is 2.29. The molecule has 3 atom stereocenters. The van der Waals surface area contributed by atoms with Crippen LogP contribution in [0.3, 0.4) is 0 Å². The molecule has 1 aromatic carbocycles. The highest BCUT2D eigenvalue weighted by atomic mass is 16.5. The summed E-state index contributed by atoms with van der Waals surface area (Å²) in [6.45, 7) is 4.32. The first-order valence-corrected chi connectivity index (χ1v) is 7.18. The largest absolute Gasteiger partial charge is 0.470 e. The van der Waals surface area contributed by atoms with Gasteiger partial charge in [0.15, 0.2) is 0 Å². The molecule has 1 aromatic heterocycles. The minimum atomic E-state index is -1.00. The van der Waals surface area contributed by atoms with Crippen LogP contribution in [0.25, 0.3) is 0 Å². The van der Waals surface area contributed by atoms with Gasteiger partial charge in [0.1, 0.15) is 11.9 Å². The maximum absolute atomic E-state index is 11.8. The average molecular weight is 315 g/mol. The predicted molar refractivity (Wildman–Crippen MR) is 83.7 cm³/mol. The molecule has 0 saturated carbocycles. The van der Waals surface area contributed by atoms with Gasteiger partial charge in [0.2, 0.25) is 6.23 Å². The molecule has 7 heteroatoms. The van der Waals surface area contributed by atoms with Gasteiger partial charge in [0, 0.05) is 18.8 Å². The maximum atomic E-state index is 11.8. The first-order valence-electron chi connectivity index (χ1n) is 7.18. The number of H-pyrrole nitrogens is 1. The molecule has 0 aliphatic carbocycles. The molecule has 0 radical (unpaired) electrons. The zero-order valence-corrected chi connectivity index (χ0v) is 12.3. The molecule has 23 heavy (non-hydrogen) atoms. The number of hydrogen-bond donors (Lipinski definition) is 3. The summed E-state index contributed by atoms with van der Waals surface area (Å²) in [4.78, 5) is 25.1. The van der Waals surface area contributed by atoms with Crippen LogP contribution in [0.2, 0.25) is 0 Å². The Morgan fingerprint density at radius 2 is 2.00 bits per heavy atom. The first-order chi connectivity index (χ1) is 11.1. The van der Waals surface area contributed by atoms with Crippen molar-refractivity contribution in [2.45, 2.75) is 24.9 Å². The summed E-state index contributed by atoms with van der Waals surface area (Å²) >= 11 is 0. The first kappa shape index (κ1) is 15.3. The van der Waals surface area contributed by atoms with E-state index in [9.17, 15) is 14.7 Å². The van der Waals surface area contributed by atoms with Crippen molar-refractivity contribution >= 4 is 0 Å². The Labute approximate surface area is 131 Å². The van der Waals surface area contributed by atoms with Crippen LogP contribution < -0.4 is 16.6 Å². The van der Waals surface area contributed by atoms with Crippen molar-refractivity contribution in [3.05, 3.63) is 81.3 Å². The Morgan fingerprint density at radius 3 is 2.70 bits per heavy atom. The van der Waals surface area contributed by atoms with Gasteiger partial charge in [0.05, 0.1) is 6.04 Å². The second kappa shape index (κ2) is 6.23. The van der Waals surface area contributed by atoms with Gasteiger partial charge in [-0.1, -0.05) is 36.9 Å². The van der Waals surface area contributed by atoms with E-state index in [1.807, 2.05) is 30.3 Å². The lowest BCUT2D eigenvalue weighted by atomic mass is 10.1. The lowest BCUT2D eigenvalue weighted by Gasteiger charge is -2.18. The van der Waals surface area contributed by atoms with E-state index in [0.29, 0.717) is 12.3 Å². The SMILES string of the molecule is C=C1O[C@@H](n2ccc(=O)[nH]c2=O)[C@@H](O)[C@H]1NCc1ccccc1. The fraction of sp³-hybridized carbons (Fsp3) is 0.250. The van der Waals surface area contributed by atoms with Crippen molar-refractivity contribution in [3.63, 3.8) is 0 Å². The Balaban J connectivity index is 1.76. The average Bonchev–Trinajstić information content (AvgIpc) is 2.81. The van der Waals surface area contributed by atoms with Crippen molar-refractivity contribution in [2.75, 3.05) is 0 Å². The molecule has 0 spiro atoms. The molecule has 7 nitrogen and oxygen atoms in total. The van der Waals surface area contributed by atoms with Crippen molar-refractivity contribution in [3.8, 4) is 0 Å². The van der Waals surface area contributed by atoms with E-state index in [4.69, 9.17) is 4.74 Å². The number of nitrogens with zero attached hydrogens (tertiary/aromatic N) is 1. The van der Waals surface area contributed by atoms with Crippen LogP contribution in [0, 0.1) is 0 Å². The molecule has 0 bridgehead atoms. The van der Waals surface area contributed by atoms with Crippen LogP contribution in [-0.4, -0.2) is 26.8 Å². The van der Waals surface area contributed by atoms with Crippen molar-refractivity contribution in [1.82, 2.24) is 14.9 Å². The van der Waals surface area contributed by atoms with Gasteiger partial charge < -0.3 is 15.2 Å². The molecule has 3 rings (SSSR count). The summed E-state index contributed by atoms with van der Waals surface area (Å²) in [5, 5.41) is 13.6. The smallest absolute Gasteiger partial charge is 0.331 e. The van der Waals surface area contributed by atoms with Crippen LogP contribution in [-0.2, 0) is 11.3 Å². The third kappa shape index (κ3) is 3.10. The zero-order valence-electron chi connectivity index (χ0n) is 12.3. The van der Waals surface area contributed by atoms with Crippen LogP contribution in [0.5, 0.6) is 0 Å². The highest BCUT2D eigenvalue weighted by Gasteiger charge is 2.41.